The molecule has 0 aliphatic carbocycles. The summed E-state index contributed by atoms with van der Waals surface area (Å²) >= 11 is 0. The molecule has 0 saturated carbocycles. The lowest BCUT2D eigenvalue weighted by Gasteiger charge is -2.32. The highest BCUT2D eigenvalue weighted by atomic mass is 16.5. The number of aliphatic hydroxyl groups is 2. The van der Waals surface area contributed by atoms with Crippen molar-refractivity contribution in [2.45, 2.75) is 38.3 Å². The molecule has 0 aliphatic heterocycles. The monoisotopic (exact) mass is 262 g/mol. The van der Waals surface area contributed by atoms with Crippen molar-refractivity contribution in [1.29, 1.82) is 0 Å². The van der Waals surface area contributed by atoms with E-state index in [-0.39, 0.29) is 19.1 Å². The molecule has 0 radical (unpaired) electrons. The highest BCUT2D eigenvalue weighted by Gasteiger charge is 2.30. The van der Waals surface area contributed by atoms with Crippen LogP contribution in [0.5, 0.6) is 0 Å². The Balaban J connectivity index is 4.13. The number of nitrogens with one attached hydrogen (secondary N) is 2. The van der Waals surface area contributed by atoms with Crippen LogP contribution in [0, 0.1) is 0 Å². The molecular formula is C12H26N2O4. The highest BCUT2D eigenvalue weighted by molar-refractivity contribution is 5.81. The summed E-state index contributed by atoms with van der Waals surface area (Å²) in [5.74, 6) is -0.147. The van der Waals surface area contributed by atoms with Crippen LogP contribution in [0.4, 0.5) is 0 Å². The molecule has 0 aromatic rings. The second kappa shape index (κ2) is 9.27. The van der Waals surface area contributed by atoms with Crippen molar-refractivity contribution in [2.75, 3.05) is 33.5 Å². The van der Waals surface area contributed by atoms with E-state index in [1.54, 1.807) is 14.0 Å². The van der Waals surface area contributed by atoms with E-state index < -0.39 is 11.6 Å². The minimum atomic E-state index is -0.802. The van der Waals surface area contributed by atoms with E-state index in [0.29, 0.717) is 19.6 Å². The number of carbonyl (C=O) groups excluding carboxylic acids is 1. The molecule has 0 aromatic heterocycles. The van der Waals surface area contributed by atoms with Gasteiger partial charge in [-0.25, -0.2) is 0 Å². The second-order valence-electron chi connectivity index (χ2n) is 4.45. The summed E-state index contributed by atoms with van der Waals surface area (Å²) in [5, 5.41) is 24.3. The van der Waals surface area contributed by atoms with E-state index in [1.807, 2.05) is 6.92 Å². The van der Waals surface area contributed by atoms with Gasteiger partial charge in [-0.15, -0.1) is 0 Å². The topological polar surface area (TPSA) is 90.8 Å². The van der Waals surface area contributed by atoms with Gasteiger partial charge in [0, 0.05) is 20.3 Å². The van der Waals surface area contributed by atoms with E-state index in [1.165, 1.54) is 0 Å². The number of rotatable bonds is 10. The first-order valence-corrected chi connectivity index (χ1v) is 6.31. The Labute approximate surface area is 109 Å². The minimum Gasteiger partial charge on any atom is -0.394 e. The zero-order valence-electron chi connectivity index (χ0n) is 11.5. The summed E-state index contributed by atoms with van der Waals surface area (Å²) in [6, 6.07) is -0.466. The molecule has 6 heteroatoms. The van der Waals surface area contributed by atoms with Crippen LogP contribution in [0.25, 0.3) is 0 Å². The van der Waals surface area contributed by atoms with Gasteiger partial charge < -0.3 is 20.3 Å². The minimum absolute atomic E-state index is 0.147. The first-order valence-electron chi connectivity index (χ1n) is 6.31. The van der Waals surface area contributed by atoms with Gasteiger partial charge in [-0.1, -0.05) is 6.92 Å². The standard InChI is InChI=1S/C12H26N2O4/c1-4-12(8-15,9-16)14-10(2)11(17)13-6-5-7-18-3/h10,14-16H,4-9H2,1-3H3,(H,13,17). The van der Waals surface area contributed by atoms with Crippen molar-refractivity contribution in [3.63, 3.8) is 0 Å². The van der Waals surface area contributed by atoms with Crippen LogP contribution >= 0.6 is 0 Å². The molecule has 0 spiro atoms. The van der Waals surface area contributed by atoms with E-state index in [9.17, 15) is 15.0 Å². The molecule has 0 aliphatic rings. The number of hydrogen-bond acceptors (Lipinski definition) is 5. The zero-order chi connectivity index (χ0) is 14.0. The maximum atomic E-state index is 11.8. The number of ether oxygens (including phenoxy) is 1. The van der Waals surface area contributed by atoms with Gasteiger partial charge in [0.15, 0.2) is 0 Å². The van der Waals surface area contributed by atoms with Crippen LogP contribution < -0.4 is 10.6 Å². The van der Waals surface area contributed by atoms with Crippen LogP contribution in [0.3, 0.4) is 0 Å². The van der Waals surface area contributed by atoms with Gasteiger partial charge in [0.25, 0.3) is 0 Å². The summed E-state index contributed by atoms with van der Waals surface area (Å²) in [4.78, 5) is 11.8. The van der Waals surface area contributed by atoms with Gasteiger partial charge in [-0.3, -0.25) is 10.1 Å². The van der Waals surface area contributed by atoms with Gasteiger partial charge in [0.2, 0.25) is 5.91 Å². The third-order valence-corrected chi connectivity index (χ3v) is 3.02. The molecule has 0 rings (SSSR count). The Morgan fingerprint density at radius 3 is 2.44 bits per heavy atom. The predicted octanol–water partition coefficient (Wildman–Crippen LogP) is -0.749. The molecule has 1 unspecified atom stereocenters. The van der Waals surface area contributed by atoms with Gasteiger partial charge in [0.1, 0.15) is 0 Å². The van der Waals surface area contributed by atoms with Crippen LogP contribution in [0.15, 0.2) is 0 Å². The summed E-state index contributed by atoms with van der Waals surface area (Å²) in [5.41, 5.74) is -0.802. The number of carbonyl (C=O) groups is 1. The lowest BCUT2D eigenvalue weighted by atomic mass is 9.97. The first kappa shape index (κ1) is 17.3. The van der Waals surface area contributed by atoms with Crippen molar-refractivity contribution in [3.8, 4) is 0 Å². The summed E-state index contributed by atoms with van der Waals surface area (Å²) in [7, 11) is 1.62. The fourth-order valence-corrected chi connectivity index (χ4v) is 1.57. The largest absolute Gasteiger partial charge is 0.394 e. The number of hydrogen-bond donors (Lipinski definition) is 4. The molecule has 0 fully saturated rings. The van der Waals surface area contributed by atoms with Crippen molar-refractivity contribution < 1.29 is 19.7 Å². The molecule has 18 heavy (non-hydrogen) atoms. The SMILES string of the molecule is CCC(CO)(CO)NC(C)C(=O)NCCCOC. The van der Waals surface area contributed by atoms with Crippen LogP contribution in [-0.2, 0) is 9.53 Å². The molecule has 6 nitrogen and oxygen atoms in total. The van der Waals surface area contributed by atoms with Crippen molar-refractivity contribution >= 4 is 5.91 Å². The Kier molecular flexibility index (Phi) is 8.91. The molecule has 1 amide bonds. The van der Waals surface area contributed by atoms with Gasteiger partial charge in [-0.2, -0.15) is 0 Å². The number of aliphatic hydroxyl groups excluding tert-OH is 2. The maximum Gasteiger partial charge on any atom is 0.236 e. The third kappa shape index (κ3) is 5.77. The Morgan fingerprint density at radius 1 is 1.39 bits per heavy atom. The van der Waals surface area contributed by atoms with Gasteiger partial charge in [-0.05, 0) is 19.8 Å². The molecule has 0 bridgehead atoms. The average molecular weight is 262 g/mol. The molecule has 108 valence electrons. The highest BCUT2D eigenvalue weighted by Crippen LogP contribution is 2.09. The lowest BCUT2D eigenvalue weighted by Crippen LogP contribution is -2.58. The second-order valence-corrected chi connectivity index (χ2v) is 4.45. The first-order chi connectivity index (χ1) is 8.55. The van der Waals surface area contributed by atoms with Crippen LogP contribution in [0.1, 0.15) is 26.7 Å². The number of methoxy groups -OCH3 is 1. The van der Waals surface area contributed by atoms with Crippen molar-refractivity contribution in [3.05, 3.63) is 0 Å². The zero-order valence-corrected chi connectivity index (χ0v) is 11.5. The maximum absolute atomic E-state index is 11.8. The lowest BCUT2D eigenvalue weighted by molar-refractivity contribution is -0.123. The van der Waals surface area contributed by atoms with E-state index in [0.717, 1.165) is 6.42 Å². The van der Waals surface area contributed by atoms with Crippen LogP contribution in [-0.4, -0.2) is 61.2 Å². The summed E-state index contributed by atoms with van der Waals surface area (Å²) < 4.78 is 4.88. The quantitative estimate of drug-likeness (QED) is 0.389. The molecular weight excluding hydrogens is 236 g/mol. The molecule has 0 heterocycles. The normalized spacial score (nSPS) is 13.4. The summed E-state index contributed by atoms with van der Waals surface area (Å²) in [6.45, 7) is 4.30. The Morgan fingerprint density at radius 2 is 2.00 bits per heavy atom. The Hall–Kier alpha value is -0.690. The number of amides is 1. The van der Waals surface area contributed by atoms with Gasteiger partial charge >= 0.3 is 0 Å². The Bertz CT molecular complexity index is 224. The van der Waals surface area contributed by atoms with Crippen molar-refractivity contribution in [2.24, 2.45) is 0 Å². The molecule has 0 aromatic carbocycles. The predicted molar refractivity (Wildman–Crippen MR) is 69.3 cm³/mol. The molecule has 1 atom stereocenters. The average Bonchev–Trinajstić information content (AvgIpc) is 2.40. The fourth-order valence-electron chi connectivity index (χ4n) is 1.57. The van der Waals surface area contributed by atoms with E-state index in [2.05, 4.69) is 10.6 Å². The van der Waals surface area contributed by atoms with Gasteiger partial charge in [0.05, 0.1) is 24.8 Å². The van der Waals surface area contributed by atoms with Crippen molar-refractivity contribution in [1.82, 2.24) is 10.6 Å². The molecule has 4 N–H and O–H groups in total. The fraction of sp³-hybridized carbons (Fsp3) is 0.917. The summed E-state index contributed by atoms with van der Waals surface area (Å²) in [6.07, 6.45) is 1.30. The van der Waals surface area contributed by atoms with E-state index >= 15 is 0 Å². The van der Waals surface area contributed by atoms with Crippen LogP contribution in [0.2, 0.25) is 0 Å². The smallest absolute Gasteiger partial charge is 0.236 e. The van der Waals surface area contributed by atoms with E-state index in [4.69, 9.17) is 4.74 Å². The third-order valence-electron chi connectivity index (χ3n) is 3.02. The molecule has 0 saturated heterocycles.